The molecule has 1 heterocycles. The minimum atomic E-state index is -3.95. The molecule has 0 saturated carbocycles. The summed E-state index contributed by atoms with van der Waals surface area (Å²) in [6.45, 7) is 10.7. The van der Waals surface area contributed by atoms with Gasteiger partial charge in [-0.25, -0.2) is 8.42 Å². The number of hydrogen-bond donors (Lipinski definition) is 4. The van der Waals surface area contributed by atoms with Gasteiger partial charge in [0, 0.05) is 18.2 Å². The molecule has 0 bridgehead atoms. The van der Waals surface area contributed by atoms with Crippen LogP contribution in [0.4, 0.5) is 0 Å². The molecule has 8 heteroatoms. The third-order valence-electron chi connectivity index (χ3n) is 5.94. The van der Waals surface area contributed by atoms with E-state index >= 15 is 0 Å². The van der Waals surface area contributed by atoms with Gasteiger partial charge in [-0.2, -0.15) is 0 Å². The maximum atomic E-state index is 13.1. The second kappa shape index (κ2) is 8.69. The van der Waals surface area contributed by atoms with Crippen LogP contribution in [-0.2, 0) is 21.2 Å². The number of nitrogens with one attached hydrogen (secondary N) is 4. The maximum Gasteiger partial charge on any atom is 0.246 e. The molecule has 7 nitrogen and oxygen atoms in total. The first-order valence-corrected chi connectivity index (χ1v) is 12.1. The Kier molecular flexibility index (Phi) is 6.60. The Morgan fingerprint density at radius 3 is 2.73 bits per heavy atom. The lowest BCUT2D eigenvalue weighted by atomic mass is 9.91. The molecule has 0 aromatic heterocycles. The van der Waals surface area contributed by atoms with Crippen molar-refractivity contribution in [3.8, 4) is 0 Å². The summed E-state index contributed by atoms with van der Waals surface area (Å²) in [5.74, 6) is 0.211. The molecular formula is C22H34N4O3S. The normalized spacial score (nSPS) is 27.2. The number of ether oxygens (including phenoxy) is 1. The van der Waals surface area contributed by atoms with Gasteiger partial charge in [-0.15, -0.1) is 0 Å². The molecule has 166 valence electrons. The Balaban J connectivity index is 1.71. The largest absolute Gasteiger partial charge is 0.365 e. The number of hydrogen-bond acceptors (Lipinski definition) is 6. The summed E-state index contributed by atoms with van der Waals surface area (Å²) in [6.07, 6.45) is 5.02. The van der Waals surface area contributed by atoms with E-state index in [9.17, 15) is 8.42 Å². The van der Waals surface area contributed by atoms with Crippen LogP contribution >= 0.6 is 0 Å². The van der Waals surface area contributed by atoms with Gasteiger partial charge in [0.1, 0.15) is 11.5 Å². The number of fused-ring (bicyclic) bond motifs is 1. The van der Waals surface area contributed by atoms with E-state index in [1.165, 1.54) is 11.1 Å². The van der Waals surface area contributed by atoms with Gasteiger partial charge in [0.05, 0.1) is 12.6 Å². The van der Waals surface area contributed by atoms with Crippen LogP contribution in [0, 0.1) is 10.8 Å². The van der Waals surface area contributed by atoms with Gasteiger partial charge in [0.25, 0.3) is 0 Å². The smallest absolute Gasteiger partial charge is 0.246 e. The SMILES string of the molecule is C=C(NC1CCCCc2ccccc21)NS(=O)(=O)C(C=N)C1(C)NCC(C)(C)CO1. The van der Waals surface area contributed by atoms with E-state index in [1.807, 2.05) is 26.0 Å². The Morgan fingerprint density at radius 2 is 2.07 bits per heavy atom. The van der Waals surface area contributed by atoms with Crippen molar-refractivity contribution < 1.29 is 13.2 Å². The molecule has 0 spiro atoms. The molecular weight excluding hydrogens is 400 g/mol. The molecule has 1 aliphatic heterocycles. The van der Waals surface area contributed by atoms with Crippen molar-refractivity contribution in [3.63, 3.8) is 0 Å². The highest BCUT2D eigenvalue weighted by Crippen LogP contribution is 2.30. The van der Waals surface area contributed by atoms with Crippen LogP contribution in [0.5, 0.6) is 0 Å². The lowest BCUT2D eigenvalue weighted by Gasteiger charge is -2.45. The van der Waals surface area contributed by atoms with E-state index in [2.05, 4.69) is 34.1 Å². The Morgan fingerprint density at radius 1 is 1.33 bits per heavy atom. The zero-order valence-electron chi connectivity index (χ0n) is 18.1. The zero-order chi connectivity index (χ0) is 22.0. The first kappa shape index (κ1) is 22.8. The summed E-state index contributed by atoms with van der Waals surface area (Å²) in [4.78, 5) is 0. The van der Waals surface area contributed by atoms with Gasteiger partial charge in [0.15, 0.2) is 5.25 Å². The Hall–Kier alpha value is -1.90. The van der Waals surface area contributed by atoms with Gasteiger partial charge in [0.2, 0.25) is 10.0 Å². The van der Waals surface area contributed by atoms with Crippen molar-refractivity contribution in [3.05, 3.63) is 47.8 Å². The summed E-state index contributed by atoms with van der Waals surface area (Å²) < 4.78 is 34.6. The fourth-order valence-corrected chi connectivity index (χ4v) is 5.59. The van der Waals surface area contributed by atoms with Crippen molar-refractivity contribution in [2.75, 3.05) is 13.2 Å². The van der Waals surface area contributed by atoms with Gasteiger partial charge in [-0.1, -0.05) is 51.1 Å². The fraction of sp³-hybridized carbons (Fsp3) is 0.591. The molecule has 1 aliphatic carbocycles. The molecule has 1 aromatic carbocycles. The molecule has 30 heavy (non-hydrogen) atoms. The lowest BCUT2D eigenvalue weighted by Crippen LogP contribution is -2.65. The summed E-state index contributed by atoms with van der Waals surface area (Å²) >= 11 is 0. The molecule has 3 atom stereocenters. The average Bonchev–Trinajstić information content (AvgIpc) is 2.87. The van der Waals surface area contributed by atoms with Crippen LogP contribution in [-0.4, -0.2) is 38.8 Å². The molecule has 4 N–H and O–H groups in total. The van der Waals surface area contributed by atoms with Crippen LogP contribution in [0.15, 0.2) is 36.7 Å². The average molecular weight is 435 g/mol. The maximum absolute atomic E-state index is 13.1. The Bertz CT molecular complexity index is 887. The molecule has 3 unspecified atom stereocenters. The van der Waals surface area contributed by atoms with Crippen molar-refractivity contribution in [1.29, 1.82) is 5.41 Å². The Labute approximate surface area is 180 Å². The van der Waals surface area contributed by atoms with Gasteiger partial charge >= 0.3 is 0 Å². The predicted molar refractivity (Wildman–Crippen MR) is 120 cm³/mol. The van der Waals surface area contributed by atoms with Crippen molar-refractivity contribution in [2.24, 2.45) is 5.41 Å². The second-order valence-corrected chi connectivity index (χ2v) is 11.1. The van der Waals surface area contributed by atoms with Crippen molar-refractivity contribution in [2.45, 2.75) is 63.5 Å². The monoisotopic (exact) mass is 434 g/mol. The topological polar surface area (TPSA) is 103 Å². The van der Waals surface area contributed by atoms with Crippen LogP contribution in [0.1, 0.15) is 57.2 Å². The number of benzene rings is 1. The highest BCUT2D eigenvalue weighted by Gasteiger charge is 2.47. The first-order chi connectivity index (χ1) is 14.1. The van der Waals surface area contributed by atoms with Crippen molar-refractivity contribution in [1.82, 2.24) is 15.4 Å². The lowest BCUT2D eigenvalue weighted by molar-refractivity contribution is -0.119. The number of sulfonamides is 1. The quantitative estimate of drug-likeness (QED) is 0.390. The second-order valence-electron chi connectivity index (χ2n) is 9.27. The standard InChI is InChI=1S/C22H34N4O3S/c1-16(25-19-12-8-6-10-17-9-5-7-11-18(17)19)26-30(27,28)20(13-23)22(4)24-14-21(2,3)15-29-22/h5,7,9,11,13,19-20,23-26H,1,6,8,10,12,14-15H2,2-4H3. The third-order valence-corrected chi connectivity index (χ3v) is 7.73. The van der Waals surface area contributed by atoms with E-state index < -0.39 is 21.0 Å². The van der Waals surface area contributed by atoms with E-state index in [1.54, 1.807) is 6.92 Å². The highest BCUT2D eigenvalue weighted by atomic mass is 32.2. The summed E-state index contributed by atoms with van der Waals surface area (Å²) in [5, 5.41) is 13.0. The molecule has 3 rings (SSSR count). The van der Waals surface area contributed by atoms with Gasteiger partial charge in [-0.05, 0) is 37.3 Å². The summed E-state index contributed by atoms with van der Waals surface area (Å²) in [7, 11) is -3.95. The zero-order valence-corrected chi connectivity index (χ0v) is 18.9. The van der Waals surface area contributed by atoms with E-state index in [-0.39, 0.29) is 17.3 Å². The van der Waals surface area contributed by atoms with E-state index in [4.69, 9.17) is 10.1 Å². The summed E-state index contributed by atoms with van der Waals surface area (Å²) in [5.41, 5.74) is 1.19. The molecule has 0 radical (unpaired) electrons. The molecule has 1 fully saturated rings. The molecule has 1 aromatic rings. The number of rotatable bonds is 7. The predicted octanol–water partition coefficient (Wildman–Crippen LogP) is 2.81. The van der Waals surface area contributed by atoms with E-state index in [0.717, 1.165) is 31.9 Å². The molecule has 1 saturated heterocycles. The third kappa shape index (κ3) is 5.04. The van der Waals surface area contributed by atoms with Crippen LogP contribution < -0.4 is 15.4 Å². The van der Waals surface area contributed by atoms with Gasteiger partial charge in [-0.3, -0.25) is 10.0 Å². The fourth-order valence-electron chi connectivity index (χ4n) is 4.14. The minimum absolute atomic E-state index is 0.00206. The van der Waals surface area contributed by atoms with Crippen LogP contribution in [0.3, 0.4) is 0 Å². The first-order valence-electron chi connectivity index (χ1n) is 10.5. The summed E-state index contributed by atoms with van der Waals surface area (Å²) in [6, 6.07) is 8.25. The minimum Gasteiger partial charge on any atom is -0.365 e. The van der Waals surface area contributed by atoms with E-state index in [0.29, 0.717) is 13.2 Å². The number of aryl methyl sites for hydroxylation is 1. The molecule has 2 aliphatic rings. The highest BCUT2D eigenvalue weighted by molar-refractivity contribution is 7.91. The molecule has 0 amide bonds. The van der Waals surface area contributed by atoms with Crippen molar-refractivity contribution >= 4 is 16.2 Å². The van der Waals surface area contributed by atoms with Crippen LogP contribution in [0.2, 0.25) is 0 Å². The van der Waals surface area contributed by atoms with Crippen LogP contribution in [0.25, 0.3) is 0 Å². The van der Waals surface area contributed by atoms with Gasteiger partial charge < -0.3 is 15.5 Å².